The number of benzene rings is 7. The largest absolute Gasteiger partial charge is 0.323 e. The highest BCUT2D eigenvalue weighted by Gasteiger charge is 2.55. The molecule has 6 nitrogen and oxygen atoms in total. The van der Waals surface area contributed by atoms with Gasteiger partial charge in [0.1, 0.15) is 15.9 Å². The number of carbonyl (C=O) groups excluding carboxylic acids is 1. The number of amides is 2. The highest BCUT2D eigenvalue weighted by Crippen LogP contribution is 2.61. The highest BCUT2D eigenvalue weighted by atomic mass is 31.2. The van der Waals surface area contributed by atoms with E-state index in [1.165, 1.54) is 21.5 Å². The summed E-state index contributed by atoms with van der Waals surface area (Å²) in [5, 5.41) is 10.5. The fourth-order valence-corrected chi connectivity index (χ4v) is 11.5. The van der Waals surface area contributed by atoms with E-state index in [1.54, 1.807) is 0 Å². The number of para-hydroxylation sites is 2. The van der Waals surface area contributed by atoms with Crippen LogP contribution >= 0.6 is 7.41 Å². The van der Waals surface area contributed by atoms with Gasteiger partial charge in [-0.1, -0.05) is 126 Å². The Bertz CT molecular complexity index is 2320. The summed E-state index contributed by atoms with van der Waals surface area (Å²) in [5.41, 5.74) is 7.65. The number of urea groups is 1. The number of fused-ring (bicyclic) bond motifs is 2. The molecule has 2 N–H and O–H groups in total. The second kappa shape index (κ2) is 15.9. The molecule has 55 heavy (non-hydrogen) atoms. The SMILES string of the molecule is Cc1ccc(NC(=O)N2Cc3ccccc3N=C(Nc3ccc(C)cc3)N([P+](c3ccccc3)(c3ccccc3)c3ccccc3)c3ccccc3C2)cc1. The van der Waals surface area contributed by atoms with Crippen LogP contribution in [0.3, 0.4) is 0 Å². The zero-order chi connectivity index (χ0) is 37.6. The summed E-state index contributed by atoms with van der Waals surface area (Å²) < 4.78 is 2.46. The third kappa shape index (κ3) is 7.37. The van der Waals surface area contributed by atoms with Crippen LogP contribution < -0.4 is 31.2 Å². The molecular weight excluding hydrogens is 694 g/mol. The van der Waals surface area contributed by atoms with Crippen molar-refractivity contribution < 1.29 is 4.79 Å². The number of hydrogen-bond donors (Lipinski definition) is 2. The normalized spacial score (nSPS) is 12.9. The Morgan fingerprint density at radius 1 is 0.527 bits per heavy atom. The first kappa shape index (κ1) is 35.5. The minimum atomic E-state index is -2.84. The summed E-state index contributed by atoms with van der Waals surface area (Å²) in [4.78, 5) is 21.9. The first-order chi connectivity index (χ1) is 27.0. The van der Waals surface area contributed by atoms with Crippen LogP contribution in [0.5, 0.6) is 0 Å². The molecule has 0 saturated carbocycles. The Kier molecular flexibility index (Phi) is 10.2. The van der Waals surface area contributed by atoms with E-state index in [0.717, 1.165) is 39.4 Å². The van der Waals surface area contributed by atoms with Gasteiger partial charge in [0.05, 0.1) is 11.4 Å². The lowest BCUT2D eigenvalue weighted by molar-refractivity contribution is 0.206. The predicted molar refractivity (Wildman–Crippen MR) is 232 cm³/mol. The Labute approximate surface area is 324 Å². The molecule has 270 valence electrons. The van der Waals surface area contributed by atoms with E-state index in [1.807, 2.05) is 54.3 Å². The molecule has 0 bridgehead atoms. The van der Waals surface area contributed by atoms with Crippen molar-refractivity contribution in [1.82, 2.24) is 4.90 Å². The van der Waals surface area contributed by atoms with E-state index in [0.29, 0.717) is 19.0 Å². The van der Waals surface area contributed by atoms with E-state index in [4.69, 9.17) is 4.99 Å². The monoisotopic (exact) mass is 736 g/mol. The lowest BCUT2D eigenvalue weighted by Crippen LogP contribution is -2.49. The van der Waals surface area contributed by atoms with Crippen molar-refractivity contribution in [2.75, 3.05) is 15.3 Å². The smallest absolute Gasteiger partial charge is 0.322 e. The quantitative estimate of drug-likeness (QED) is 0.167. The molecule has 1 aliphatic heterocycles. The van der Waals surface area contributed by atoms with Crippen molar-refractivity contribution >= 4 is 58.1 Å². The van der Waals surface area contributed by atoms with Crippen molar-refractivity contribution in [2.45, 2.75) is 26.9 Å². The molecule has 1 heterocycles. The lowest BCUT2D eigenvalue weighted by atomic mass is 10.1. The van der Waals surface area contributed by atoms with Gasteiger partial charge in [0, 0.05) is 24.5 Å². The fraction of sp³-hybridized carbons (Fsp3) is 0.0833. The van der Waals surface area contributed by atoms with Crippen LogP contribution in [-0.2, 0) is 13.1 Å². The maximum Gasteiger partial charge on any atom is 0.322 e. The zero-order valence-corrected chi connectivity index (χ0v) is 31.9. The molecule has 0 spiro atoms. The van der Waals surface area contributed by atoms with Crippen LogP contribution in [0, 0.1) is 13.8 Å². The number of aryl methyl sites for hydroxylation is 2. The van der Waals surface area contributed by atoms with Gasteiger partial charge in [-0.2, -0.15) is 4.67 Å². The summed E-state index contributed by atoms with van der Waals surface area (Å²) in [6.07, 6.45) is 0. The van der Waals surface area contributed by atoms with E-state index in [9.17, 15) is 4.79 Å². The van der Waals surface area contributed by atoms with Crippen molar-refractivity contribution in [3.8, 4) is 0 Å². The van der Waals surface area contributed by atoms with Crippen molar-refractivity contribution in [3.05, 3.63) is 210 Å². The van der Waals surface area contributed by atoms with Gasteiger partial charge >= 0.3 is 6.03 Å². The average molecular weight is 737 g/mol. The molecule has 7 aromatic carbocycles. The summed E-state index contributed by atoms with van der Waals surface area (Å²) in [6.45, 7) is 4.86. The molecule has 0 saturated heterocycles. The number of nitrogens with one attached hydrogen (secondary N) is 2. The predicted octanol–water partition coefficient (Wildman–Crippen LogP) is 10.4. The summed E-state index contributed by atoms with van der Waals surface area (Å²) in [6, 6.07) is 65.2. The minimum Gasteiger partial charge on any atom is -0.323 e. The van der Waals surface area contributed by atoms with E-state index < -0.39 is 7.41 Å². The molecule has 7 aromatic rings. The second-order valence-electron chi connectivity index (χ2n) is 13.8. The van der Waals surface area contributed by atoms with Crippen molar-refractivity contribution in [3.63, 3.8) is 0 Å². The molecule has 0 fully saturated rings. The zero-order valence-electron chi connectivity index (χ0n) is 31.0. The van der Waals surface area contributed by atoms with Crippen LogP contribution in [0.15, 0.2) is 193 Å². The van der Waals surface area contributed by atoms with Gasteiger partial charge < -0.3 is 15.5 Å². The van der Waals surface area contributed by atoms with Crippen molar-refractivity contribution in [2.24, 2.45) is 4.99 Å². The third-order valence-corrected chi connectivity index (χ3v) is 14.1. The molecule has 0 aromatic heterocycles. The standard InChI is InChI=1S/C48H42N5OP/c1-36-26-30-40(31-27-36)49-47-51-45-24-14-12-16-38(45)34-52(48(54)50-41-32-28-37(2)29-33-41)35-39-17-13-15-25-46(39)53(47)55(42-18-6-3-7-19-42,43-20-8-4-9-21-43)44-22-10-5-11-23-44/h3-33H,34-35H2,1-2H3,(H-,49,50,51,54)/p+1. The fourth-order valence-electron chi connectivity index (χ4n) is 7.21. The molecular formula is C48H43N5OP+. The summed E-state index contributed by atoms with van der Waals surface area (Å²) in [7, 11) is -2.84. The Balaban J connectivity index is 1.44. The first-order valence-electron chi connectivity index (χ1n) is 18.6. The third-order valence-electron chi connectivity index (χ3n) is 9.95. The van der Waals surface area contributed by atoms with Crippen LogP contribution in [0.4, 0.5) is 27.5 Å². The molecule has 8 rings (SSSR count). The Hall–Kier alpha value is -6.49. The number of hydrogen-bond acceptors (Lipinski definition) is 4. The van der Waals surface area contributed by atoms with Gasteiger partial charge in [0.25, 0.3) is 0 Å². The molecule has 2 amide bonds. The molecule has 0 unspecified atom stereocenters. The Morgan fingerprint density at radius 3 is 1.55 bits per heavy atom. The number of anilines is 3. The molecule has 0 aliphatic carbocycles. The van der Waals surface area contributed by atoms with Gasteiger partial charge in [-0.3, -0.25) is 0 Å². The summed E-state index contributed by atoms with van der Waals surface area (Å²) in [5.74, 6) is 0.686. The molecule has 1 aliphatic rings. The number of nitrogens with zero attached hydrogens (tertiary/aromatic N) is 3. The maximum absolute atomic E-state index is 14.4. The Morgan fingerprint density at radius 2 is 0.982 bits per heavy atom. The highest BCUT2D eigenvalue weighted by molar-refractivity contribution is 7.97. The van der Waals surface area contributed by atoms with Crippen LogP contribution in [0.2, 0.25) is 0 Å². The van der Waals surface area contributed by atoms with Gasteiger partial charge in [-0.05, 0) is 97.8 Å². The lowest BCUT2D eigenvalue weighted by Gasteiger charge is -2.40. The van der Waals surface area contributed by atoms with Gasteiger partial charge in [-0.25, -0.2) is 9.79 Å². The number of aliphatic imine (C=N–C) groups is 1. The first-order valence-corrected chi connectivity index (χ1v) is 20.3. The minimum absolute atomic E-state index is 0.183. The van der Waals surface area contributed by atoms with Crippen molar-refractivity contribution in [1.29, 1.82) is 0 Å². The van der Waals surface area contributed by atoms with Crippen LogP contribution in [0.25, 0.3) is 0 Å². The van der Waals surface area contributed by atoms with Gasteiger partial charge in [0.15, 0.2) is 0 Å². The van der Waals surface area contributed by atoms with E-state index in [2.05, 4.69) is 168 Å². The van der Waals surface area contributed by atoms with E-state index in [-0.39, 0.29) is 6.03 Å². The molecule has 0 radical (unpaired) electrons. The molecule has 0 atom stereocenters. The number of rotatable bonds is 6. The van der Waals surface area contributed by atoms with Crippen LogP contribution in [0.1, 0.15) is 22.3 Å². The number of carbonyl (C=O) groups is 1. The van der Waals surface area contributed by atoms with Gasteiger partial charge in [-0.15, -0.1) is 0 Å². The van der Waals surface area contributed by atoms with E-state index >= 15 is 0 Å². The summed E-state index contributed by atoms with van der Waals surface area (Å²) >= 11 is 0. The topological polar surface area (TPSA) is 60.0 Å². The van der Waals surface area contributed by atoms with Crippen LogP contribution in [-0.4, -0.2) is 16.9 Å². The maximum atomic E-state index is 14.4. The second-order valence-corrected chi connectivity index (χ2v) is 17.0. The number of guanidine groups is 1. The van der Waals surface area contributed by atoms with Gasteiger partial charge in [0.2, 0.25) is 13.4 Å². The molecule has 7 heteroatoms. The average Bonchev–Trinajstić information content (AvgIpc) is 3.23.